The van der Waals surface area contributed by atoms with Crippen molar-refractivity contribution < 1.29 is 17.6 Å². The molecule has 1 aromatic carbocycles. The van der Waals surface area contributed by atoms with Gasteiger partial charge in [0.25, 0.3) is 0 Å². The SMILES string of the molecule is CN1CCN(C(=O)N2CCC(S(=O)(=O)c3ccc(F)cc3)C2)CC1. The number of rotatable bonds is 2. The highest BCUT2D eigenvalue weighted by molar-refractivity contribution is 7.92. The third-order valence-corrected chi connectivity index (χ3v) is 6.96. The Hall–Kier alpha value is -1.67. The van der Waals surface area contributed by atoms with Gasteiger partial charge in [0.05, 0.1) is 10.1 Å². The lowest BCUT2D eigenvalue weighted by Crippen LogP contribution is -2.51. The number of nitrogens with zero attached hydrogens (tertiary/aromatic N) is 3. The Kier molecular flexibility index (Phi) is 4.78. The highest BCUT2D eigenvalue weighted by Crippen LogP contribution is 2.25. The number of urea groups is 1. The molecule has 2 saturated heterocycles. The fourth-order valence-electron chi connectivity index (χ4n) is 3.17. The Morgan fingerprint density at radius 3 is 2.29 bits per heavy atom. The minimum Gasteiger partial charge on any atom is -0.323 e. The van der Waals surface area contributed by atoms with Crippen molar-refractivity contribution in [1.82, 2.24) is 14.7 Å². The summed E-state index contributed by atoms with van der Waals surface area (Å²) < 4.78 is 38.3. The van der Waals surface area contributed by atoms with Crippen molar-refractivity contribution in [2.24, 2.45) is 0 Å². The van der Waals surface area contributed by atoms with Gasteiger partial charge in [0, 0.05) is 39.3 Å². The number of sulfone groups is 1. The van der Waals surface area contributed by atoms with Gasteiger partial charge < -0.3 is 14.7 Å². The second kappa shape index (κ2) is 6.68. The molecule has 2 heterocycles. The van der Waals surface area contributed by atoms with Crippen molar-refractivity contribution in [2.45, 2.75) is 16.6 Å². The van der Waals surface area contributed by atoms with Gasteiger partial charge in [0.1, 0.15) is 5.82 Å². The Labute approximate surface area is 141 Å². The second-order valence-electron chi connectivity index (χ2n) is 6.43. The normalized spacial score (nSPS) is 22.8. The van der Waals surface area contributed by atoms with Crippen LogP contribution in [0.5, 0.6) is 0 Å². The standard InChI is InChI=1S/C16H22FN3O3S/c1-18-8-10-19(11-9-18)16(21)20-7-6-15(12-20)24(22,23)14-4-2-13(17)3-5-14/h2-5,15H,6-12H2,1H3. The molecule has 24 heavy (non-hydrogen) atoms. The minimum absolute atomic E-state index is 0.0834. The van der Waals surface area contributed by atoms with Gasteiger partial charge in [0.2, 0.25) is 0 Å². The van der Waals surface area contributed by atoms with E-state index in [0.717, 1.165) is 25.2 Å². The van der Waals surface area contributed by atoms with E-state index < -0.39 is 20.9 Å². The van der Waals surface area contributed by atoms with E-state index in [1.807, 2.05) is 7.05 Å². The number of likely N-dealkylation sites (tertiary alicyclic amines) is 1. The van der Waals surface area contributed by atoms with Crippen molar-refractivity contribution in [1.29, 1.82) is 0 Å². The van der Waals surface area contributed by atoms with Crippen molar-refractivity contribution in [2.75, 3.05) is 46.3 Å². The van der Waals surface area contributed by atoms with E-state index >= 15 is 0 Å². The van der Waals surface area contributed by atoms with E-state index in [1.54, 1.807) is 9.80 Å². The predicted octanol–water partition coefficient (Wildman–Crippen LogP) is 1.04. The molecule has 1 unspecified atom stereocenters. The minimum atomic E-state index is -3.55. The van der Waals surface area contributed by atoms with E-state index in [0.29, 0.717) is 26.1 Å². The quantitative estimate of drug-likeness (QED) is 0.744. The number of benzene rings is 1. The summed E-state index contributed by atoms with van der Waals surface area (Å²) in [7, 11) is -1.53. The molecule has 0 saturated carbocycles. The van der Waals surface area contributed by atoms with Crippen molar-refractivity contribution in [3.05, 3.63) is 30.1 Å². The van der Waals surface area contributed by atoms with Crippen LogP contribution in [0.3, 0.4) is 0 Å². The summed E-state index contributed by atoms with van der Waals surface area (Å²) >= 11 is 0. The molecule has 0 aliphatic carbocycles. The maximum absolute atomic E-state index is 13.0. The van der Waals surface area contributed by atoms with Crippen LogP contribution < -0.4 is 0 Å². The van der Waals surface area contributed by atoms with E-state index in [-0.39, 0.29) is 17.5 Å². The summed E-state index contributed by atoms with van der Waals surface area (Å²) in [5, 5.41) is -0.626. The van der Waals surface area contributed by atoms with Gasteiger partial charge in [-0.05, 0) is 37.7 Å². The molecule has 2 fully saturated rings. The van der Waals surface area contributed by atoms with E-state index in [2.05, 4.69) is 4.90 Å². The molecule has 0 spiro atoms. The average molecular weight is 355 g/mol. The van der Waals surface area contributed by atoms with Gasteiger partial charge in [-0.15, -0.1) is 0 Å². The molecule has 8 heteroatoms. The molecule has 1 atom stereocenters. The molecule has 2 aliphatic rings. The molecule has 1 aromatic rings. The molecular weight excluding hydrogens is 333 g/mol. The first-order valence-electron chi connectivity index (χ1n) is 8.10. The third kappa shape index (κ3) is 3.39. The Bertz CT molecular complexity index is 700. The molecule has 0 aromatic heterocycles. The van der Waals surface area contributed by atoms with Crippen LogP contribution in [-0.4, -0.2) is 80.7 Å². The fraction of sp³-hybridized carbons (Fsp3) is 0.562. The number of hydrogen-bond acceptors (Lipinski definition) is 4. The highest BCUT2D eigenvalue weighted by atomic mass is 32.2. The number of amides is 2. The lowest BCUT2D eigenvalue weighted by Gasteiger charge is -2.34. The fourth-order valence-corrected chi connectivity index (χ4v) is 4.86. The summed E-state index contributed by atoms with van der Waals surface area (Å²) in [6.07, 6.45) is 0.416. The van der Waals surface area contributed by atoms with Crippen LogP contribution >= 0.6 is 0 Å². The average Bonchev–Trinajstić information content (AvgIpc) is 3.06. The van der Waals surface area contributed by atoms with Gasteiger partial charge >= 0.3 is 6.03 Å². The summed E-state index contributed by atoms with van der Waals surface area (Å²) in [6, 6.07) is 4.79. The zero-order chi connectivity index (χ0) is 17.3. The second-order valence-corrected chi connectivity index (χ2v) is 8.66. The van der Waals surface area contributed by atoms with E-state index in [1.165, 1.54) is 12.1 Å². The molecule has 132 valence electrons. The van der Waals surface area contributed by atoms with Crippen LogP contribution in [0.1, 0.15) is 6.42 Å². The first-order valence-corrected chi connectivity index (χ1v) is 9.64. The summed E-state index contributed by atoms with van der Waals surface area (Å²) in [6.45, 7) is 3.64. The molecule has 0 radical (unpaired) electrons. The van der Waals surface area contributed by atoms with Gasteiger partial charge in [-0.1, -0.05) is 0 Å². The van der Waals surface area contributed by atoms with Crippen LogP contribution in [0.4, 0.5) is 9.18 Å². The van der Waals surface area contributed by atoms with Crippen molar-refractivity contribution in [3.63, 3.8) is 0 Å². The summed E-state index contributed by atoms with van der Waals surface area (Å²) in [4.78, 5) is 18.2. The molecule has 2 aliphatic heterocycles. The van der Waals surface area contributed by atoms with Crippen LogP contribution in [0.25, 0.3) is 0 Å². The number of hydrogen-bond donors (Lipinski definition) is 0. The summed E-state index contributed by atoms with van der Waals surface area (Å²) in [5.74, 6) is -0.466. The summed E-state index contributed by atoms with van der Waals surface area (Å²) in [5.41, 5.74) is 0. The van der Waals surface area contributed by atoms with Crippen LogP contribution in [0.2, 0.25) is 0 Å². The maximum Gasteiger partial charge on any atom is 0.320 e. The third-order valence-electron chi connectivity index (χ3n) is 4.77. The Balaban J connectivity index is 1.66. The Morgan fingerprint density at radius 2 is 1.67 bits per heavy atom. The first kappa shape index (κ1) is 17.2. The zero-order valence-corrected chi connectivity index (χ0v) is 14.5. The number of carbonyl (C=O) groups excluding carboxylic acids is 1. The van der Waals surface area contributed by atoms with Gasteiger partial charge in [-0.3, -0.25) is 0 Å². The molecule has 6 nitrogen and oxygen atoms in total. The van der Waals surface area contributed by atoms with E-state index in [4.69, 9.17) is 0 Å². The number of piperazine rings is 1. The van der Waals surface area contributed by atoms with Gasteiger partial charge in [-0.2, -0.15) is 0 Å². The number of carbonyl (C=O) groups is 1. The molecule has 0 bridgehead atoms. The zero-order valence-electron chi connectivity index (χ0n) is 13.7. The lowest BCUT2D eigenvalue weighted by molar-refractivity contribution is 0.129. The van der Waals surface area contributed by atoms with E-state index in [9.17, 15) is 17.6 Å². The first-order chi connectivity index (χ1) is 11.4. The smallest absolute Gasteiger partial charge is 0.320 e. The molecule has 0 N–H and O–H groups in total. The molecule has 2 amide bonds. The van der Waals surface area contributed by atoms with Crippen LogP contribution in [0.15, 0.2) is 29.2 Å². The van der Waals surface area contributed by atoms with Crippen LogP contribution in [-0.2, 0) is 9.84 Å². The monoisotopic (exact) mass is 355 g/mol. The van der Waals surface area contributed by atoms with Crippen molar-refractivity contribution in [3.8, 4) is 0 Å². The highest BCUT2D eigenvalue weighted by Gasteiger charge is 2.37. The largest absolute Gasteiger partial charge is 0.323 e. The Morgan fingerprint density at radius 1 is 1.04 bits per heavy atom. The molecule has 3 rings (SSSR count). The van der Waals surface area contributed by atoms with Crippen molar-refractivity contribution >= 4 is 15.9 Å². The van der Waals surface area contributed by atoms with Crippen LogP contribution in [0, 0.1) is 5.82 Å². The number of halogens is 1. The maximum atomic E-state index is 13.0. The number of likely N-dealkylation sites (N-methyl/N-ethyl adjacent to an activating group) is 1. The predicted molar refractivity (Wildman–Crippen MR) is 88.0 cm³/mol. The van der Waals surface area contributed by atoms with Gasteiger partial charge in [0.15, 0.2) is 9.84 Å². The molecular formula is C16H22FN3O3S. The topological polar surface area (TPSA) is 60.9 Å². The lowest BCUT2D eigenvalue weighted by atomic mass is 10.3. The van der Waals surface area contributed by atoms with Gasteiger partial charge in [-0.25, -0.2) is 17.6 Å².